The van der Waals surface area contributed by atoms with Crippen molar-refractivity contribution in [3.8, 4) is 0 Å². The molecule has 0 aromatic carbocycles. The van der Waals surface area contributed by atoms with Crippen LogP contribution < -0.4 is 11.1 Å². The largest absolute Gasteiger partial charge is 0.368 e. The second-order valence-corrected chi connectivity index (χ2v) is 5.32. The molecule has 1 aromatic heterocycles. The number of rotatable bonds is 3. The molecule has 1 fully saturated rings. The number of fused-ring (bicyclic) bond motifs is 1. The molecule has 0 saturated heterocycles. The number of nitrogens with one attached hydrogen (secondary N) is 1. The molecule has 2 aliphatic rings. The van der Waals surface area contributed by atoms with Crippen molar-refractivity contribution in [2.45, 2.75) is 51.1 Å². The van der Waals surface area contributed by atoms with Gasteiger partial charge in [0.25, 0.3) is 0 Å². The van der Waals surface area contributed by atoms with Gasteiger partial charge in [0.05, 0.1) is 5.69 Å². The lowest BCUT2D eigenvalue weighted by atomic mass is 10.1. The van der Waals surface area contributed by atoms with Crippen LogP contribution in [0.1, 0.15) is 48.8 Å². The summed E-state index contributed by atoms with van der Waals surface area (Å²) in [7, 11) is 0. The minimum Gasteiger partial charge on any atom is -0.368 e. The molecule has 2 heterocycles. The predicted octanol–water partition coefficient (Wildman–Crippen LogP) is 0.672. The van der Waals surface area contributed by atoms with Crippen molar-refractivity contribution >= 4 is 5.91 Å². The molecular formula is C13H20N4O. The molecule has 98 valence electrons. The van der Waals surface area contributed by atoms with Crippen LogP contribution in [0.3, 0.4) is 0 Å². The SMILES string of the molecule is NC(=O)Cn1c(C2CCCC2)nc2c1CCNC2. The smallest absolute Gasteiger partial charge is 0.237 e. The van der Waals surface area contributed by atoms with E-state index >= 15 is 0 Å². The molecule has 1 aliphatic carbocycles. The van der Waals surface area contributed by atoms with Gasteiger partial charge >= 0.3 is 0 Å². The fourth-order valence-corrected chi connectivity index (χ4v) is 3.22. The minimum absolute atomic E-state index is 0.270. The highest BCUT2D eigenvalue weighted by Crippen LogP contribution is 2.35. The highest BCUT2D eigenvalue weighted by atomic mass is 16.1. The van der Waals surface area contributed by atoms with Gasteiger partial charge < -0.3 is 15.6 Å². The number of carbonyl (C=O) groups excluding carboxylic acids is 1. The molecule has 1 saturated carbocycles. The van der Waals surface area contributed by atoms with E-state index in [2.05, 4.69) is 9.88 Å². The molecule has 1 aromatic rings. The number of carbonyl (C=O) groups is 1. The third-order valence-electron chi connectivity index (χ3n) is 4.05. The summed E-state index contributed by atoms with van der Waals surface area (Å²) >= 11 is 0. The first-order chi connectivity index (χ1) is 8.75. The van der Waals surface area contributed by atoms with E-state index in [4.69, 9.17) is 10.7 Å². The average molecular weight is 248 g/mol. The minimum atomic E-state index is -0.270. The number of hydrogen-bond donors (Lipinski definition) is 2. The maximum absolute atomic E-state index is 11.3. The Morgan fingerprint density at radius 3 is 2.94 bits per heavy atom. The predicted molar refractivity (Wildman–Crippen MR) is 68.0 cm³/mol. The lowest BCUT2D eigenvalue weighted by Crippen LogP contribution is -2.27. The van der Waals surface area contributed by atoms with E-state index in [9.17, 15) is 4.79 Å². The van der Waals surface area contributed by atoms with E-state index in [1.807, 2.05) is 0 Å². The van der Waals surface area contributed by atoms with E-state index < -0.39 is 0 Å². The molecule has 0 bridgehead atoms. The lowest BCUT2D eigenvalue weighted by Gasteiger charge is -2.16. The monoisotopic (exact) mass is 248 g/mol. The van der Waals surface area contributed by atoms with Crippen LogP contribution in [0.15, 0.2) is 0 Å². The highest BCUT2D eigenvalue weighted by molar-refractivity contribution is 5.73. The molecule has 0 spiro atoms. The number of amides is 1. The van der Waals surface area contributed by atoms with Crippen LogP contribution >= 0.6 is 0 Å². The number of nitrogens with two attached hydrogens (primary N) is 1. The average Bonchev–Trinajstić information content (AvgIpc) is 2.96. The summed E-state index contributed by atoms with van der Waals surface area (Å²) < 4.78 is 2.09. The maximum atomic E-state index is 11.3. The molecule has 0 radical (unpaired) electrons. The summed E-state index contributed by atoms with van der Waals surface area (Å²) in [5, 5.41) is 3.33. The van der Waals surface area contributed by atoms with Crippen molar-refractivity contribution < 1.29 is 4.79 Å². The first-order valence-electron chi connectivity index (χ1n) is 6.83. The first-order valence-corrected chi connectivity index (χ1v) is 6.83. The molecule has 18 heavy (non-hydrogen) atoms. The molecule has 0 unspecified atom stereocenters. The molecule has 1 aliphatic heterocycles. The van der Waals surface area contributed by atoms with Gasteiger partial charge in [-0.1, -0.05) is 12.8 Å². The second-order valence-electron chi connectivity index (χ2n) is 5.32. The first kappa shape index (κ1) is 11.7. The summed E-state index contributed by atoms with van der Waals surface area (Å²) in [5.74, 6) is 1.35. The quantitative estimate of drug-likeness (QED) is 0.826. The van der Waals surface area contributed by atoms with Crippen LogP contribution in [0.5, 0.6) is 0 Å². The topological polar surface area (TPSA) is 72.9 Å². The second kappa shape index (κ2) is 4.72. The molecule has 3 rings (SSSR count). The zero-order valence-electron chi connectivity index (χ0n) is 10.6. The van der Waals surface area contributed by atoms with Gasteiger partial charge in [-0.2, -0.15) is 0 Å². The van der Waals surface area contributed by atoms with Gasteiger partial charge in [0.15, 0.2) is 0 Å². The number of nitrogens with zero attached hydrogens (tertiary/aromatic N) is 2. The Labute approximate surface area is 107 Å². The Balaban J connectivity index is 1.99. The van der Waals surface area contributed by atoms with E-state index in [-0.39, 0.29) is 12.5 Å². The highest BCUT2D eigenvalue weighted by Gasteiger charge is 2.27. The van der Waals surface area contributed by atoms with E-state index in [0.717, 1.165) is 31.0 Å². The molecule has 0 atom stereocenters. The van der Waals surface area contributed by atoms with Crippen LogP contribution in [0.25, 0.3) is 0 Å². The van der Waals surface area contributed by atoms with Crippen molar-refractivity contribution in [3.05, 3.63) is 17.2 Å². The van der Waals surface area contributed by atoms with Gasteiger partial charge in [-0.15, -0.1) is 0 Å². The van der Waals surface area contributed by atoms with Crippen LogP contribution in [0.4, 0.5) is 0 Å². The number of imidazole rings is 1. The zero-order valence-corrected chi connectivity index (χ0v) is 10.6. The Hall–Kier alpha value is -1.36. The van der Waals surface area contributed by atoms with Crippen molar-refractivity contribution in [3.63, 3.8) is 0 Å². The van der Waals surface area contributed by atoms with Gasteiger partial charge in [-0.25, -0.2) is 4.98 Å². The number of hydrogen-bond acceptors (Lipinski definition) is 3. The van der Waals surface area contributed by atoms with Crippen LogP contribution in [-0.4, -0.2) is 22.0 Å². The number of primary amides is 1. The van der Waals surface area contributed by atoms with Gasteiger partial charge in [-0.3, -0.25) is 4.79 Å². The van der Waals surface area contributed by atoms with E-state index in [1.165, 1.54) is 31.4 Å². The zero-order chi connectivity index (χ0) is 12.5. The maximum Gasteiger partial charge on any atom is 0.237 e. The summed E-state index contributed by atoms with van der Waals surface area (Å²) in [6, 6.07) is 0. The summed E-state index contributed by atoms with van der Waals surface area (Å²) in [6.07, 6.45) is 5.89. The van der Waals surface area contributed by atoms with Crippen LogP contribution in [0.2, 0.25) is 0 Å². The third-order valence-corrected chi connectivity index (χ3v) is 4.05. The van der Waals surface area contributed by atoms with Crippen molar-refractivity contribution in [2.75, 3.05) is 6.54 Å². The van der Waals surface area contributed by atoms with E-state index in [1.54, 1.807) is 0 Å². The summed E-state index contributed by atoms with van der Waals surface area (Å²) in [5.41, 5.74) is 7.71. The van der Waals surface area contributed by atoms with Gasteiger partial charge in [0, 0.05) is 31.1 Å². The molecular weight excluding hydrogens is 228 g/mol. The molecule has 5 nitrogen and oxygen atoms in total. The fraction of sp³-hybridized carbons (Fsp3) is 0.692. The lowest BCUT2D eigenvalue weighted by molar-refractivity contribution is -0.118. The van der Waals surface area contributed by atoms with Gasteiger partial charge in [0.1, 0.15) is 12.4 Å². The standard InChI is InChI=1S/C13H20N4O/c14-12(18)8-17-11-5-6-15-7-10(11)16-13(17)9-3-1-2-4-9/h9,15H,1-8H2,(H2,14,18). The molecule has 3 N–H and O–H groups in total. The van der Waals surface area contributed by atoms with Gasteiger partial charge in [-0.05, 0) is 12.8 Å². The molecule has 1 amide bonds. The Morgan fingerprint density at radius 2 is 2.22 bits per heavy atom. The molecule has 5 heteroatoms. The Morgan fingerprint density at radius 1 is 1.44 bits per heavy atom. The van der Waals surface area contributed by atoms with E-state index in [0.29, 0.717) is 5.92 Å². The number of aromatic nitrogens is 2. The fourth-order valence-electron chi connectivity index (χ4n) is 3.22. The van der Waals surface area contributed by atoms with Crippen molar-refractivity contribution in [1.82, 2.24) is 14.9 Å². The van der Waals surface area contributed by atoms with Crippen LogP contribution in [0, 0.1) is 0 Å². The summed E-state index contributed by atoms with van der Waals surface area (Å²) in [6.45, 7) is 2.07. The van der Waals surface area contributed by atoms with Gasteiger partial charge in [0.2, 0.25) is 5.91 Å². The van der Waals surface area contributed by atoms with Crippen molar-refractivity contribution in [1.29, 1.82) is 0 Å². The Bertz CT molecular complexity index is 460. The normalized spacial score (nSPS) is 20.0. The van der Waals surface area contributed by atoms with Crippen molar-refractivity contribution in [2.24, 2.45) is 5.73 Å². The van der Waals surface area contributed by atoms with Crippen LogP contribution in [-0.2, 0) is 24.3 Å². The Kier molecular flexibility index (Phi) is 3.07. The third kappa shape index (κ3) is 2.03. The summed E-state index contributed by atoms with van der Waals surface area (Å²) in [4.78, 5) is 16.1.